The molecule has 15 heavy (non-hydrogen) atoms. The van der Waals surface area contributed by atoms with Gasteiger partial charge in [0, 0.05) is 12.5 Å². The third-order valence-corrected chi connectivity index (χ3v) is 3.16. The number of anilines is 1. The van der Waals surface area contributed by atoms with E-state index in [4.69, 9.17) is 5.73 Å². The van der Waals surface area contributed by atoms with Crippen LogP contribution in [0.4, 0.5) is 5.82 Å². The number of hydrogen-bond acceptors (Lipinski definition) is 3. The van der Waals surface area contributed by atoms with Crippen molar-refractivity contribution >= 4 is 11.7 Å². The minimum Gasteiger partial charge on any atom is -0.330 e. The summed E-state index contributed by atoms with van der Waals surface area (Å²) in [6, 6.07) is 1.73. The Hall–Kier alpha value is -1.36. The van der Waals surface area contributed by atoms with E-state index in [1.807, 2.05) is 0 Å². The van der Waals surface area contributed by atoms with Gasteiger partial charge >= 0.3 is 0 Å². The molecule has 0 radical (unpaired) electrons. The van der Waals surface area contributed by atoms with Gasteiger partial charge in [-0.1, -0.05) is 6.42 Å². The molecule has 1 aliphatic carbocycles. The fourth-order valence-electron chi connectivity index (χ4n) is 1.99. The van der Waals surface area contributed by atoms with Crippen LogP contribution in [-0.2, 0) is 4.79 Å². The second-order valence-electron chi connectivity index (χ2n) is 4.25. The lowest BCUT2D eigenvalue weighted by Crippen LogP contribution is -2.40. The first-order valence-corrected chi connectivity index (χ1v) is 5.23. The van der Waals surface area contributed by atoms with Gasteiger partial charge in [-0.25, -0.2) is 0 Å². The van der Waals surface area contributed by atoms with E-state index in [-0.39, 0.29) is 11.3 Å². The lowest BCUT2D eigenvalue weighted by atomic mass is 9.66. The Kier molecular flexibility index (Phi) is 2.73. The zero-order valence-corrected chi connectivity index (χ0v) is 8.62. The van der Waals surface area contributed by atoms with Crippen LogP contribution in [0.25, 0.3) is 0 Å². The van der Waals surface area contributed by atoms with Crippen LogP contribution < -0.4 is 11.1 Å². The minimum absolute atomic E-state index is 0.0180. The standard InChI is InChI=1S/C10H16N4O/c11-7-10(3-1-4-10)6-9(15)13-8-2-5-12-14-8/h2,5H,1,3-4,6-7,11H2,(H2,12,13,14,15). The molecule has 1 amide bonds. The maximum atomic E-state index is 11.7. The minimum atomic E-state index is 0.0180. The molecule has 0 unspecified atom stereocenters. The molecule has 2 rings (SSSR count). The summed E-state index contributed by atoms with van der Waals surface area (Å²) in [5.74, 6) is 0.663. The van der Waals surface area contributed by atoms with Crippen molar-refractivity contribution in [3.8, 4) is 0 Å². The van der Waals surface area contributed by atoms with E-state index in [1.54, 1.807) is 12.3 Å². The first kappa shape index (κ1) is 10.2. The molecule has 82 valence electrons. The highest BCUT2D eigenvalue weighted by Crippen LogP contribution is 2.42. The Morgan fingerprint density at radius 3 is 2.93 bits per heavy atom. The Labute approximate surface area is 88.4 Å². The second-order valence-corrected chi connectivity index (χ2v) is 4.25. The number of rotatable bonds is 4. The number of nitrogens with zero attached hydrogens (tertiary/aromatic N) is 1. The monoisotopic (exact) mass is 208 g/mol. The summed E-state index contributed by atoms with van der Waals surface area (Å²) in [7, 11) is 0. The van der Waals surface area contributed by atoms with E-state index >= 15 is 0 Å². The van der Waals surface area contributed by atoms with Crippen LogP contribution in [0.15, 0.2) is 12.3 Å². The molecular weight excluding hydrogens is 192 g/mol. The lowest BCUT2D eigenvalue weighted by Gasteiger charge is -2.40. The predicted molar refractivity (Wildman–Crippen MR) is 57.2 cm³/mol. The van der Waals surface area contributed by atoms with Crippen molar-refractivity contribution in [2.24, 2.45) is 11.1 Å². The fourth-order valence-corrected chi connectivity index (χ4v) is 1.99. The highest BCUT2D eigenvalue weighted by atomic mass is 16.1. The van der Waals surface area contributed by atoms with E-state index in [1.165, 1.54) is 6.42 Å². The van der Waals surface area contributed by atoms with E-state index in [2.05, 4.69) is 15.5 Å². The molecule has 1 aliphatic rings. The second kappa shape index (κ2) is 4.02. The van der Waals surface area contributed by atoms with E-state index in [9.17, 15) is 4.79 Å². The van der Waals surface area contributed by atoms with Crippen LogP contribution in [0.3, 0.4) is 0 Å². The summed E-state index contributed by atoms with van der Waals surface area (Å²) < 4.78 is 0. The Bertz CT molecular complexity index is 324. The number of aromatic nitrogens is 2. The lowest BCUT2D eigenvalue weighted by molar-refractivity contribution is -0.119. The number of nitrogens with two attached hydrogens (primary N) is 1. The average molecular weight is 208 g/mol. The molecule has 0 aromatic carbocycles. The molecule has 0 spiro atoms. The summed E-state index contributed by atoms with van der Waals surface area (Å²) in [5.41, 5.74) is 5.75. The first-order chi connectivity index (χ1) is 7.24. The number of carbonyl (C=O) groups is 1. The first-order valence-electron chi connectivity index (χ1n) is 5.23. The van der Waals surface area contributed by atoms with Gasteiger partial charge in [-0.15, -0.1) is 0 Å². The van der Waals surface area contributed by atoms with Gasteiger partial charge in [-0.2, -0.15) is 5.10 Å². The quantitative estimate of drug-likeness (QED) is 0.686. The van der Waals surface area contributed by atoms with Crippen molar-refractivity contribution in [2.75, 3.05) is 11.9 Å². The molecule has 0 atom stereocenters. The molecule has 1 aromatic rings. The topological polar surface area (TPSA) is 83.8 Å². The summed E-state index contributed by atoms with van der Waals surface area (Å²) in [4.78, 5) is 11.7. The predicted octanol–water partition coefficient (Wildman–Crippen LogP) is 0.867. The molecule has 5 heteroatoms. The summed E-state index contributed by atoms with van der Waals surface area (Å²) in [6.45, 7) is 0.601. The largest absolute Gasteiger partial charge is 0.330 e. The number of amides is 1. The number of aromatic amines is 1. The van der Waals surface area contributed by atoms with E-state index in [0.717, 1.165) is 12.8 Å². The Morgan fingerprint density at radius 2 is 2.47 bits per heavy atom. The van der Waals surface area contributed by atoms with Crippen LogP contribution in [0.1, 0.15) is 25.7 Å². The molecule has 1 heterocycles. The van der Waals surface area contributed by atoms with Gasteiger partial charge in [0.1, 0.15) is 5.82 Å². The Morgan fingerprint density at radius 1 is 1.67 bits per heavy atom. The van der Waals surface area contributed by atoms with Gasteiger partial charge in [0.25, 0.3) is 0 Å². The molecule has 4 N–H and O–H groups in total. The number of carbonyl (C=O) groups excluding carboxylic acids is 1. The van der Waals surface area contributed by atoms with Crippen molar-refractivity contribution < 1.29 is 4.79 Å². The maximum absolute atomic E-state index is 11.7. The van der Waals surface area contributed by atoms with Gasteiger partial charge < -0.3 is 11.1 Å². The third-order valence-electron chi connectivity index (χ3n) is 3.16. The molecule has 0 saturated heterocycles. The van der Waals surface area contributed by atoms with Crippen molar-refractivity contribution in [3.63, 3.8) is 0 Å². The van der Waals surface area contributed by atoms with Crippen molar-refractivity contribution in [2.45, 2.75) is 25.7 Å². The highest BCUT2D eigenvalue weighted by Gasteiger charge is 2.37. The SMILES string of the molecule is NCC1(CC(=O)Nc2ccn[nH]2)CCC1. The summed E-state index contributed by atoms with van der Waals surface area (Å²) >= 11 is 0. The van der Waals surface area contributed by atoms with Crippen LogP contribution >= 0.6 is 0 Å². The van der Waals surface area contributed by atoms with Gasteiger partial charge in [-0.3, -0.25) is 9.89 Å². The molecule has 1 aromatic heterocycles. The van der Waals surface area contributed by atoms with Crippen LogP contribution in [-0.4, -0.2) is 22.6 Å². The number of nitrogens with one attached hydrogen (secondary N) is 2. The van der Waals surface area contributed by atoms with Crippen molar-refractivity contribution in [1.82, 2.24) is 10.2 Å². The van der Waals surface area contributed by atoms with Gasteiger partial charge in [0.15, 0.2) is 0 Å². The third kappa shape index (κ3) is 2.18. The van der Waals surface area contributed by atoms with Crippen molar-refractivity contribution in [3.05, 3.63) is 12.3 Å². The fraction of sp³-hybridized carbons (Fsp3) is 0.600. The molecule has 1 fully saturated rings. The van der Waals surface area contributed by atoms with Gasteiger partial charge in [-0.05, 0) is 24.8 Å². The maximum Gasteiger partial charge on any atom is 0.226 e. The summed E-state index contributed by atoms with van der Waals surface area (Å²) in [6.07, 6.45) is 5.45. The average Bonchev–Trinajstić information content (AvgIpc) is 2.64. The molecule has 0 bridgehead atoms. The zero-order chi connectivity index (χ0) is 10.7. The molecule has 0 aliphatic heterocycles. The molecule has 5 nitrogen and oxygen atoms in total. The zero-order valence-electron chi connectivity index (χ0n) is 8.62. The Balaban J connectivity index is 1.87. The van der Waals surface area contributed by atoms with Gasteiger partial charge in [0.05, 0.1) is 6.20 Å². The molecular formula is C10H16N4O. The summed E-state index contributed by atoms with van der Waals surface area (Å²) in [5, 5.41) is 9.22. The van der Waals surface area contributed by atoms with Gasteiger partial charge in [0.2, 0.25) is 5.91 Å². The van der Waals surface area contributed by atoms with Crippen LogP contribution in [0, 0.1) is 5.41 Å². The van der Waals surface area contributed by atoms with Crippen LogP contribution in [0.2, 0.25) is 0 Å². The molecule has 1 saturated carbocycles. The smallest absolute Gasteiger partial charge is 0.226 e. The number of H-pyrrole nitrogens is 1. The normalized spacial score (nSPS) is 18.2. The van der Waals surface area contributed by atoms with E-state index < -0.39 is 0 Å². The van der Waals surface area contributed by atoms with Crippen molar-refractivity contribution in [1.29, 1.82) is 0 Å². The number of hydrogen-bond donors (Lipinski definition) is 3. The van der Waals surface area contributed by atoms with Crippen LogP contribution in [0.5, 0.6) is 0 Å². The van der Waals surface area contributed by atoms with E-state index in [0.29, 0.717) is 18.8 Å². The highest BCUT2D eigenvalue weighted by molar-refractivity contribution is 5.90.